The number of rotatable bonds is 11. The van der Waals surface area contributed by atoms with Crippen LogP contribution in [0, 0.1) is 0 Å². The molecule has 0 fully saturated rings. The van der Waals surface area contributed by atoms with Crippen molar-refractivity contribution in [3.8, 4) is 0 Å². The fourth-order valence-electron chi connectivity index (χ4n) is 2.20. The van der Waals surface area contributed by atoms with Crippen molar-refractivity contribution in [3.63, 3.8) is 0 Å². The van der Waals surface area contributed by atoms with Crippen LogP contribution in [0.25, 0.3) is 0 Å². The fourth-order valence-corrected chi connectivity index (χ4v) is 3.77. The fraction of sp³-hybridized carbons (Fsp3) is 0.929. The van der Waals surface area contributed by atoms with Crippen LogP contribution >= 0.6 is 0 Å². The van der Waals surface area contributed by atoms with Gasteiger partial charge in [-0.2, -0.15) is 78.9 Å². The number of esters is 1. The summed E-state index contributed by atoms with van der Waals surface area (Å²) >= 11 is 0. The molecule has 0 N–H and O–H groups in total. The third-order valence-electron chi connectivity index (χ3n) is 4.41. The lowest BCUT2D eigenvalue weighted by Crippen LogP contribution is -2.75. The molecule has 0 aromatic carbocycles. The van der Waals surface area contributed by atoms with E-state index in [1.165, 1.54) is 0 Å². The summed E-state index contributed by atoms with van der Waals surface area (Å²) in [7, 11) is -7.13. The van der Waals surface area contributed by atoms with Crippen LogP contribution in [0.3, 0.4) is 0 Å². The predicted molar refractivity (Wildman–Crippen MR) is 83.5 cm³/mol. The van der Waals surface area contributed by atoms with Crippen LogP contribution in [0.1, 0.15) is 13.8 Å². The van der Waals surface area contributed by atoms with Crippen LogP contribution in [-0.4, -0.2) is 85.4 Å². The zero-order chi connectivity index (χ0) is 30.6. The Labute approximate surface area is 194 Å². The van der Waals surface area contributed by atoms with E-state index in [9.17, 15) is 87.8 Å². The molecule has 0 aliphatic heterocycles. The third-order valence-corrected chi connectivity index (χ3v) is 6.49. The van der Waals surface area contributed by atoms with Gasteiger partial charge in [0, 0.05) is 6.04 Å². The van der Waals surface area contributed by atoms with Crippen LogP contribution in [0.4, 0.5) is 74.6 Å². The molecule has 0 bridgehead atoms. The molecule has 5 nitrogen and oxygen atoms in total. The van der Waals surface area contributed by atoms with Gasteiger partial charge in [-0.1, -0.05) is 0 Å². The Morgan fingerprint density at radius 2 is 0.946 bits per heavy atom. The van der Waals surface area contributed by atoms with E-state index in [2.05, 4.69) is 4.74 Å². The number of methoxy groups -OCH3 is 1. The van der Waals surface area contributed by atoms with Crippen molar-refractivity contribution in [3.05, 3.63) is 0 Å². The molecular weight excluding hydrogens is 601 g/mol. The van der Waals surface area contributed by atoms with Crippen molar-refractivity contribution in [1.82, 2.24) is 4.31 Å². The molecule has 0 saturated carbocycles. The average Bonchev–Trinajstić information content (AvgIpc) is 2.69. The number of hydrogen-bond acceptors (Lipinski definition) is 4. The van der Waals surface area contributed by atoms with Gasteiger partial charge >= 0.3 is 52.9 Å². The first-order chi connectivity index (χ1) is 15.8. The Balaban J connectivity index is 7.12. The minimum absolute atomic E-state index is 0.438. The van der Waals surface area contributed by atoms with Crippen LogP contribution < -0.4 is 0 Å². The highest BCUT2D eigenvalue weighted by atomic mass is 32.2. The van der Waals surface area contributed by atoms with E-state index in [1.807, 2.05) is 0 Å². The molecule has 0 spiro atoms. The summed E-state index contributed by atoms with van der Waals surface area (Å²) in [4.78, 5) is 11.1. The van der Waals surface area contributed by atoms with Crippen molar-refractivity contribution in [1.29, 1.82) is 0 Å². The lowest BCUT2D eigenvalue weighted by molar-refractivity contribution is -0.458. The van der Waals surface area contributed by atoms with E-state index < -0.39 is 79.9 Å². The molecular formula is C14H12F17NO4S. The second-order valence-electron chi connectivity index (χ2n) is 7.18. The molecule has 0 aliphatic rings. The zero-order valence-electron chi connectivity index (χ0n) is 17.7. The highest BCUT2D eigenvalue weighted by Gasteiger charge is 2.96. The monoisotopic (exact) mass is 613 g/mol. The Morgan fingerprint density at radius 1 is 0.649 bits per heavy atom. The van der Waals surface area contributed by atoms with Crippen LogP contribution in [0.2, 0.25) is 0 Å². The van der Waals surface area contributed by atoms with Crippen molar-refractivity contribution in [2.45, 2.75) is 66.9 Å². The molecule has 0 unspecified atom stereocenters. The molecule has 0 aliphatic carbocycles. The summed E-state index contributed by atoms with van der Waals surface area (Å²) in [6.45, 7) is -1.07. The van der Waals surface area contributed by atoms with Gasteiger partial charge in [0.15, 0.2) is 0 Å². The number of halogens is 17. The minimum atomic E-state index is -8.92. The molecule has 0 aromatic heterocycles. The number of nitrogens with zero attached hydrogens (tertiary/aromatic N) is 1. The Kier molecular flexibility index (Phi) is 8.97. The Morgan fingerprint density at radius 3 is 1.22 bits per heavy atom. The molecule has 37 heavy (non-hydrogen) atoms. The topological polar surface area (TPSA) is 63.7 Å². The normalized spacial score (nSPS) is 15.9. The van der Waals surface area contributed by atoms with Gasteiger partial charge in [-0.25, -0.2) is 8.42 Å². The molecule has 0 saturated heterocycles. The second-order valence-corrected chi connectivity index (χ2v) is 9.11. The Bertz CT molecular complexity index is 958. The van der Waals surface area contributed by atoms with Gasteiger partial charge in [0.1, 0.15) is 6.54 Å². The molecule has 0 aromatic rings. The molecule has 0 radical (unpaired) electrons. The zero-order valence-corrected chi connectivity index (χ0v) is 18.5. The minimum Gasteiger partial charge on any atom is -0.468 e. The van der Waals surface area contributed by atoms with Crippen LogP contribution in [0.15, 0.2) is 0 Å². The van der Waals surface area contributed by atoms with Gasteiger partial charge in [0.05, 0.1) is 7.11 Å². The lowest BCUT2D eigenvalue weighted by Gasteiger charge is -2.43. The smallest absolute Gasteiger partial charge is 0.460 e. The molecule has 0 amide bonds. The van der Waals surface area contributed by atoms with Gasteiger partial charge in [0.2, 0.25) is 0 Å². The summed E-state index contributed by atoms with van der Waals surface area (Å²) in [6.07, 6.45) is -7.91. The highest BCUT2D eigenvalue weighted by Crippen LogP contribution is 2.64. The van der Waals surface area contributed by atoms with E-state index in [0.717, 1.165) is 0 Å². The van der Waals surface area contributed by atoms with E-state index in [1.54, 1.807) is 0 Å². The Hall–Kier alpha value is -1.81. The SMILES string of the molecule is COC(=O)CN(C(C)C)S(=O)(=O)C(F)(F)C(F)(F)C(F)(F)C(F)(F)C(F)(F)C(F)(F)C(F)(F)C(F)(F)F. The number of alkyl halides is 17. The molecule has 0 atom stereocenters. The van der Waals surface area contributed by atoms with E-state index in [0.29, 0.717) is 21.0 Å². The first kappa shape index (κ1) is 35.2. The maximum absolute atomic E-state index is 14.2. The van der Waals surface area contributed by atoms with E-state index in [4.69, 9.17) is 0 Å². The maximum atomic E-state index is 14.2. The average molecular weight is 613 g/mol. The van der Waals surface area contributed by atoms with Crippen molar-refractivity contribution in [2.75, 3.05) is 13.7 Å². The van der Waals surface area contributed by atoms with Gasteiger partial charge in [-0.15, -0.1) is 0 Å². The van der Waals surface area contributed by atoms with Gasteiger partial charge in [-0.3, -0.25) is 4.79 Å². The number of sulfonamides is 1. The standard InChI is InChI=1S/C14H12F17NO4S/c1-5(2)32(4-6(33)36-3)37(34,35)14(30,31)12(25,26)10(21,22)8(17,18)7(15,16)9(19,20)11(23,24)13(27,28)29/h5H,4H2,1-3H3. The van der Waals surface area contributed by atoms with Crippen molar-refractivity contribution in [2.24, 2.45) is 0 Å². The summed E-state index contributed by atoms with van der Waals surface area (Å²) in [5.74, 6) is -54.0. The lowest BCUT2D eigenvalue weighted by atomic mass is 9.91. The first-order valence-corrected chi connectivity index (χ1v) is 10.0. The largest absolute Gasteiger partial charge is 0.468 e. The molecule has 222 valence electrons. The first-order valence-electron chi connectivity index (χ1n) is 8.58. The van der Waals surface area contributed by atoms with E-state index in [-0.39, 0.29) is 0 Å². The van der Waals surface area contributed by atoms with Crippen molar-refractivity contribution < 1.29 is 92.6 Å². The summed E-state index contributed by atoms with van der Waals surface area (Å²) in [5.41, 5.74) is 0. The van der Waals surface area contributed by atoms with Gasteiger partial charge < -0.3 is 4.74 Å². The highest BCUT2D eigenvalue weighted by molar-refractivity contribution is 7.90. The molecule has 0 heterocycles. The van der Waals surface area contributed by atoms with E-state index >= 15 is 0 Å². The summed E-state index contributed by atoms with van der Waals surface area (Å²) in [6, 6.07) is -2.11. The maximum Gasteiger partial charge on any atom is 0.460 e. The number of ether oxygens (including phenoxy) is 1. The summed E-state index contributed by atoms with van der Waals surface area (Å²) in [5, 5.41) is -7.73. The summed E-state index contributed by atoms with van der Waals surface area (Å²) < 4.78 is 253. The molecule has 23 heteroatoms. The number of carbonyl (C=O) groups is 1. The number of carbonyl (C=O) groups excluding carboxylic acids is 1. The van der Waals surface area contributed by atoms with Crippen molar-refractivity contribution >= 4 is 16.0 Å². The second kappa shape index (κ2) is 9.43. The van der Waals surface area contributed by atoms with Gasteiger partial charge in [0.25, 0.3) is 10.0 Å². The number of hydrogen-bond donors (Lipinski definition) is 0. The predicted octanol–water partition coefficient (Wildman–Crippen LogP) is 5.17. The third kappa shape index (κ3) is 4.77. The molecule has 0 rings (SSSR count). The van der Waals surface area contributed by atoms with Crippen LogP contribution in [-0.2, 0) is 19.6 Å². The van der Waals surface area contributed by atoms with Gasteiger partial charge in [-0.05, 0) is 13.8 Å². The quantitative estimate of drug-likeness (QED) is 0.239. The van der Waals surface area contributed by atoms with Crippen LogP contribution in [0.5, 0.6) is 0 Å².